The molecule has 1 unspecified atom stereocenters. The fourth-order valence-electron chi connectivity index (χ4n) is 1.26. The summed E-state index contributed by atoms with van der Waals surface area (Å²) in [5.74, 6) is -0.444. The molecule has 0 saturated heterocycles. The van der Waals surface area contributed by atoms with Crippen molar-refractivity contribution in [3.63, 3.8) is 0 Å². The lowest BCUT2D eigenvalue weighted by molar-refractivity contribution is 0.583. The van der Waals surface area contributed by atoms with Crippen LogP contribution >= 0.6 is 25.3 Å². The molecule has 0 spiro atoms. The van der Waals surface area contributed by atoms with E-state index in [2.05, 4.69) is 30.4 Å². The summed E-state index contributed by atoms with van der Waals surface area (Å²) < 4.78 is 15.5. The van der Waals surface area contributed by atoms with Gasteiger partial charge in [0.05, 0.1) is 10.9 Å². The van der Waals surface area contributed by atoms with E-state index in [1.165, 1.54) is 4.45 Å². The topological polar surface area (TPSA) is 17.8 Å². The zero-order valence-corrected chi connectivity index (χ0v) is 9.62. The van der Waals surface area contributed by atoms with Gasteiger partial charge in [0, 0.05) is 4.47 Å². The summed E-state index contributed by atoms with van der Waals surface area (Å²) >= 11 is 3.34. The summed E-state index contributed by atoms with van der Waals surface area (Å²) in [4.78, 5) is 0. The van der Waals surface area contributed by atoms with Gasteiger partial charge in [-0.3, -0.25) is 0 Å². The number of benzene rings is 1. The van der Waals surface area contributed by atoms with E-state index in [1.54, 1.807) is 0 Å². The van der Waals surface area contributed by atoms with Crippen LogP contribution in [0.3, 0.4) is 0 Å². The lowest BCUT2D eigenvalue weighted by atomic mass is 10.2. The van der Waals surface area contributed by atoms with Crippen LogP contribution in [0, 0.1) is 12.9 Å². The molecule has 5 heteroatoms. The maximum Gasteiger partial charge on any atom is 0.241 e. The SMILES string of the molecule is Cc1ccc2c(c(F)nn2P)c1Br. The van der Waals surface area contributed by atoms with Crippen molar-refractivity contribution in [1.29, 1.82) is 0 Å². The zero-order valence-electron chi connectivity index (χ0n) is 6.88. The van der Waals surface area contributed by atoms with E-state index in [0.717, 1.165) is 15.6 Å². The molecule has 0 saturated carbocycles. The van der Waals surface area contributed by atoms with E-state index in [4.69, 9.17) is 0 Å². The summed E-state index contributed by atoms with van der Waals surface area (Å²) in [7, 11) is 2.35. The first-order valence-electron chi connectivity index (χ1n) is 3.69. The van der Waals surface area contributed by atoms with Gasteiger partial charge in [-0.15, -0.1) is 5.10 Å². The predicted molar refractivity (Wildman–Crippen MR) is 57.2 cm³/mol. The molecular weight excluding hydrogens is 254 g/mol. The predicted octanol–water partition coefficient (Wildman–Crippen LogP) is 2.88. The number of nitrogens with zero attached hydrogens (tertiary/aromatic N) is 2. The third-order valence-electron chi connectivity index (χ3n) is 1.96. The Balaban J connectivity index is 2.98. The van der Waals surface area contributed by atoms with Gasteiger partial charge in [-0.05, 0) is 43.9 Å². The maximum atomic E-state index is 13.3. The van der Waals surface area contributed by atoms with E-state index in [9.17, 15) is 4.39 Å². The first-order chi connectivity index (χ1) is 6.11. The number of aryl methyl sites for hydroxylation is 1. The lowest BCUT2D eigenvalue weighted by Crippen LogP contribution is -1.80. The van der Waals surface area contributed by atoms with Crippen LogP contribution in [0.15, 0.2) is 16.6 Å². The van der Waals surface area contributed by atoms with Gasteiger partial charge in [0.15, 0.2) is 0 Å². The van der Waals surface area contributed by atoms with Gasteiger partial charge in [0.25, 0.3) is 0 Å². The average molecular weight is 261 g/mol. The minimum atomic E-state index is -0.444. The number of halogens is 2. The Kier molecular flexibility index (Phi) is 2.12. The Morgan fingerprint density at radius 1 is 1.54 bits per heavy atom. The monoisotopic (exact) mass is 260 g/mol. The van der Waals surface area contributed by atoms with Crippen molar-refractivity contribution in [1.82, 2.24) is 9.55 Å². The van der Waals surface area contributed by atoms with Crippen LogP contribution < -0.4 is 0 Å². The highest BCUT2D eigenvalue weighted by Crippen LogP contribution is 2.29. The number of aromatic nitrogens is 2. The van der Waals surface area contributed by atoms with Gasteiger partial charge >= 0.3 is 0 Å². The van der Waals surface area contributed by atoms with E-state index < -0.39 is 5.95 Å². The van der Waals surface area contributed by atoms with E-state index in [-0.39, 0.29) is 0 Å². The van der Waals surface area contributed by atoms with Crippen LogP contribution in [0.5, 0.6) is 0 Å². The Hall–Kier alpha value is -0.470. The van der Waals surface area contributed by atoms with Gasteiger partial charge in [0.2, 0.25) is 5.95 Å². The van der Waals surface area contributed by atoms with Crippen molar-refractivity contribution >= 4 is 36.2 Å². The van der Waals surface area contributed by atoms with Gasteiger partial charge in [-0.1, -0.05) is 6.07 Å². The van der Waals surface area contributed by atoms with Gasteiger partial charge in [-0.2, -0.15) is 4.39 Å². The average Bonchev–Trinajstić information content (AvgIpc) is 2.35. The molecule has 0 bridgehead atoms. The van der Waals surface area contributed by atoms with Crippen LogP contribution in [0.25, 0.3) is 10.9 Å². The molecule has 2 aromatic rings. The molecule has 1 atom stereocenters. The summed E-state index contributed by atoms with van der Waals surface area (Å²) in [5.41, 5.74) is 1.77. The Bertz CT molecular complexity index is 480. The normalized spacial score (nSPS) is 11.1. The third-order valence-corrected chi connectivity index (χ3v) is 3.38. The van der Waals surface area contributed by atoms with Crippen molar-refractivity contribution in [2.24, 2.45) is 0 Å². The lowest BCUT2D eigenvalue weighted by Gasteiger charge is -1.99. The van der Waals surface area contributed by atoms with E-state index >= 15 is 0 Å². The first-order valence-corrected chi connectivity index (χ1v) is 5.00. The molecule has 0 fully saturated rings. The molecule has 0 aliphatic heterocycles. The number of hydrogen-bond donors (Lipinski definition) is 0. The van der Waals surface area contributed by atoms with E-state index in [0.29, 0.717) is 5.39 Å². The molecule has 0 amide bonds. The summed E-state index contributed by atoms with van der Waals surface area (Å²) in [5, 5.41) is 4.21. The molecule has 1 heterocycles. The number of hydrogen-bond acceptors (Lipinski definition) is 1. The minimum Gasteiger partial charge on any atom is -0.248 e. The molecule has 68 valence electrons. The van der Waals surface area contributed by atoms with Crippen molar-refractivity contribution in [2.75, 3.05) is 0 Å². The minimum absolute atomic E-state index is 0.444. The molecular formula is C8H7BrFN2P. The molecule has 0 aliphatic rings. The van der Waals surface area contributed by atoms with Crippen LogP contribution in [0.2, 0.25) is 0 Å². The highest BCUT2D eigenvalue weighted by atomic mass is 79.9. The highest BCUT2D eigenvalue weighted by Gasteiger charge is 2.12. The summed E-state index contributed by atoms with van der Waals surface area (Å²) in [6.45, 7) is 1.92. The second kappa shape index (κ2) is 3.03. The third kappa shape index (κ3) is 1.29. The van der Waals surface area contributed by atoms with Crippen molar-refractivity contribution in [3.05, 3.63) is 28.1 Å². The van der Waals surface area contributed by atoms with Gasteiger partial charge in [-0.25, -0.2) is 4.45 Å². The molecule has 2 rings (SSSR count). The molecule has 13 heavy (non-hydrogen) atoms. The van der Waals surface area contributed by atoms with Crippen molar-refractivity contribution in [2.45, 2.75) is 6.92 Å². The molecule has 0 radical (unpaired) electrons. The number of fused-ring (bicyclic) bond motifs is 1. The Morgan fingerprint density at radius 2 is 2.23 bits per heavy atom. The Labute approximate surface area is 85.5 Å². The second-order valence-electron chi connectivity index (χ2n) is 2.83. The molecule has 2 nitrogen and oxygen atoms in total. The standard InChI is InChI=1S/C8H7BrFN2P/c1-4-2-3-5-6(7(4)9)8(10)11-12(5)13/h2-3H,13H2,1H3. The maximum absolute atomic E-state index is 13.3. The van der Waals surface area contributed by atoms with Gasteiger partial charge < -0.3 is 0 Å². The first kappa shape index (κ1) is 9.10. The smallest absolute Gasteiger partial charge is 0.241 e. The van der Waals surface area contributed by atoms with E-state index in [1.807, 2.05) is 19.1 Å². The van der Waals surface area contributed by atoms with Crippen molar-refractivity contribution in [3.8, 4) is 0 Å². The summed E-state index contributed by atoms with van der Waals surface area (Å²) in [6.07, 6.45) is 0. The van der Waals surface area contributed by atoms with Crippen LogP contribution in [0.1, 0.15) is 5.56 Å². The summed E-state index contributed by atoms with van der Waals surface area (Å²) in [6, 6.07) is 3.77. The zero-order chi connectivity index (χ0) is 9.59. The highest BCUT2D eigenvalue weighted by molar-refractivity contribution is 9.10. The molecule has 0 aliphatic carbocycles. The van der Waals surface area contributed by atoms with Crippen molar-refractivity contribution < 1.29 is 4.39 Å². The van der Waals surface area contributed by atoms with Crippen LogP contribution in [0.4, 0.5) is 4.39 Å². The fourth-order valence-corrected chi connectivity index (χ4v) is 2.07. The fraction of sp³-hybridized carbons (Fsp3) is 0.125. The van der Waals surface area contributed by atoms with Gasteiger partial charge in [0.1, 0.15) is 0 Å². The largest absolute Gasteiger partial charge is 0.248 e. The molecule has 1 aromatic carbocycles. The second-order valence-corrected chi connectivity index (χ2v) is 4.11. The van der Waals surface area contributed by atoms with Crippen LogP contribution in [-0.2, 0) is 0 Å². The molecule has 0 N–H and O–H groups in total. The molecule has 1 aromatic heterocycles. The van der Waals surface area contributed by atoms with Crippen LogP contribution in [-0.4, -0.2) is 9.55 Å². The number of rotatable bonds is 0. The Morgan fingerprint density at radius 3 is 2.92 bits per heavy atom. The quantitative estimate of drug-likeness (QED) is 0.667.